The van der Waals surface area contributed by atoms with Crippen LogP contribution in [0.1, 0.15) is 38.5 Å². The molecule has 1 aliphatic carbocycles. The van der Waals surface area contributed by atoms with Crippen molar-refractivity contribution in [1.29, 1.82) is 0 Å². The summed E-state index contributed by atoms with van der Waals surface area (Å²) in [6.45, 7) is 1.80. The van der Waals surface area contributed by atoms with Gasteiger partial charge in [0, 0.05) is 30.1 Å². The van der Waals surface area contributed by atoms with E-state index in [1.54, 1.807) is 11.3 Å². The zero-order valence-electron chi connectivity index (χ0n) is 13.6. The highest BCUT2D eigenvalue weighted by molar-refractivity contribution is 7.22. The number of nitrogens with zero attached hydrogens (tertiary/aromatic N) is 2. The Labute approximate surface area is 151 Å². The Hall–Kier alpha value is -1.33. The van der Waals surface area contributed by atoms with Crippen LogP contribution in [0.4, 0.5) is 5.13 Å². The van der Waals surface area contributed by atoms with Gasteiger partial charge < -0.3 is 10.2 Å². The minimum absolute atomic E-state index is 0.158. The Morgan fingerprint density at radius 3 is 2.71 bits per heavy atom. The number of fused-ring (bicyclic) bond motifs is 1. The number of rotatable bonds is 3. The third-order valence-electron chi connectivity index (χ3n) is 5.18. The Bertz CT molecular complexity index is 733. The second-order valence-electron chi connectivity index (χ2n) is 6.86. The van der Waals surface area contributed by atoms with Gasteiger partial charge in [-0.1, -0.05) is 35.8 Å². The highest BCUT2D eigenvalue weighted by atomic mass is 35.5. The summed E-state index contributed by atoms with van der Waals surface area (Å²) in [6.07, 6.45) is 6.64. The van der Waals surface area contributed by atoms with E-state index in [1.807, 2.05) is 18.2 Å². The van der Waals surface area contributed by atoms with Gasteiger partial charge in [-0.2, -0.15) is 0 Å². The van der Waals surface area contributed by atoms with Gasteiger partial charge in [0.25, 0.3) is 0 Å². The number of thiazole rings is 1. The number of hydrogen-bond donors (Lipinski definition) is 1. The maximum absolute atomic E-state index is 12.4. The van der Waals surface area contributed by atoms with Gasteiger partial charge in [0.15, 0.2) is 5.13 Å². The average Bonchev–Trinajstić information content (AvgIpc) is 3.24. The van der Waals surface area contributed by atoms with E-state index < -0.39 is 0 Å². The van der Waals surface area contributed by atoms with Gasteiger partial charge in [0.2, 0.25) is 5.91 Å². The summed E-state index contributed by atoms with van der Waals surface area (Å²) in [7, 11) is 0. The molecule has 4 nitrogen and oxygen atoms in total. The molecule has 6 heteroatoms. The molecular weight excluding hydrogens is 342 g/mol. The molecule has 1 saturated carbocycles. The standard InChI is InChI=1S/C18H22ClN3OS/c19-13-5-6-15-16(11-13)24-18(21-15)22-9-7-12(8-10-22)17(23)20-14-3-1-2-4-14/h5-6,11-12,14H,1-4,7-10H2,(H,20,23). The smallest absolute Gasteiger partial charge is 0.223 e. The van der Waals surface area contributed by atoms with Crippen LogP contribution in [0.2, 0.25) is 5.02 Å². The normalized spacial score (nSPS) is 20.0. The molecule has 128 valence electrons. The highest BCUT2D eigenvalue weighted by Crippen LogP contribution is 2.33. The summed E-state index contributed by atoms with van der Waals surface area (Å²) in [5, 5.41) is 5.04. The third kappa shape index (κ3) is 3.38. The van der Waals surface area contributed by atoms with Crippen LogP contribution >= 0.6 is 22.9 Å². The molecule has 1 aliphatic heterocycles. The topological polar surface area (TPSA) is 45.2 Å². The van der Waals surface area contributed by atoms with Gasteiger partial charge in [-0.05, 0) is 43.9 Å². The average molecular weight is 364 g/mol. The van der Waals surface area contributed by atoms with Crippen LogP contribution in [0.25, 0.3) is 10.2 Å². The lowest BCUT2D eigenvalue weighted by Crippen LogP contribution is -2.43. The molecule has 2 heterocycles. The van der Waals surface area contributed by atoms with Crippen LogP contribution in [-0.2, 0) is 4.79 Å². The van der Waals surface area contributed by atoms with Crippen molar-refractivity contribution >= 4 is 44.2 Å². The van der Waals surface area contributed by atoms with Crippen LogP contribution in [0, 0.1) is 5.92 Å². The quantitative estimate of drug-likeness (QED) is 0.887. The monoisotopic (exact) mass is 363 g/mol. The number of benzene rings is 1. The lowest BCUT2D eigenvalue weighted by molar-refractivity contribution is -0.126. The molecule has 0 radical (unpaired) electrons. The minimum Gasteiger partial charge on any atom is -0.353 e. The van der Waals surface area contributed by atoms with Crippen molar-refractivity contribution in [2.75, 3.05) is 18.0 Å². The predicted molar refractivity (Wildman–Crippen MR) is 100.0 cm³/mol. The van der Waals surface area contributed by atoms with E-state index in [0.29, 0.717) is 6.04 Å². The number of carbonyl (C=O) groups excluding carboxylic acids is 1. The van der Waals surface area contributed by atoms with Crippen molar-refractivity contribution in [3.63, 3.8) is 0 Å². The van der Waals surface area contributed by atoms with Crippen LogP contribution < -0.4 is 10.2 Å². The number of aromatic nitrogens is 1. The van der Waals surface area contributed by atoms with Gasteiger partial charge in [-0.3, -0.25) is 4.79 Å². The fourth-order valence-corrected chi connectivity index (χ4v) is 5.04. The Morgan fingerprint density at radius 2 is 1.96 bits per heavy atom. The molecular formula is C18H22ClN3OS. The van der Waals surface area contributed by atoms with Gasteiger partial charge in [0.05, 0.1) is 10.2 Å². The summed E-state index contributed by atoms with van der Waals surface area (Å²) in [6, 6.07) is 6.25. The van der Waals surface area contributed by atoms with E-state index in [2.05, 4.69) is 10.2 Å². The fourth-order valence-electron chi connectivity index (χ4n) is 3.74. The highest BCUT2D eigenvalue weighted by Gasteiger charge is 2.28. The molecule has 0 unspecified atom stereocenters. The van der Waals surface area contributed by atoms with Gasteiger partial charge >= 0.3 is 0 Å². The fraction of sp³-hybridized carbons (Fsp3) is 0.556. The Morgan fingerprint density at radius 1 is 1.21 bits per heavy atom. The third-order valence-corrected chi connectivity index (χ3v) is 6.49. The molecule has 1 aromatic carbocycles. The maximum Gasteiger partial charge on any atom is 0.223 e. The van der Waals surface area contributed by atoms with E-state index in [-0.39, 0.29) is 11.8 Å². The van der Waals surface area contributed by atoms with Crippen molar-refractivity contribution < 1.29 is 4.79 Å². The first-order chi connectivity index (χ1) is 11.7. The van der Waals surface area contributed by atoms with Gasteiger partial charge in [0.1, 0.15) is 0 Å². The molecule has 1 amide bonds. The summed E-state index contributed by atoms with van der Waals surface area (Å²) in [4.78, 5) is 19.4. The minimum atomic E-state index is 0.158. The summed E-state index contributed by atoms with van der Waals surface area (Å²) < 4.78 is 1.12. The zero-order valence-corrected chi connectivity index (χ0v) is 15.2. The first-order valence-electron chi connectivity index (χ1n) is 8.80. The first-order valence-corrected chi connectivity index (χ1v) is 10.00. The molecule has 2 aromatic rings. The van der Waals surface area contributed by atoms with Gasteiger partial charge in [-0.15, -0.1) is 0 Å². The predicted octanol–water partition coefficient (Wildman–Crippen LogP) is 4.22. The summed E-state index contributed by atoms with van der Waals surface area (Å²) >= 11 is 7.74. The Kier molecular flexibility index (Phi) is 4.63. The van der Waals surface area contributed by atoms with E-state index in [0.717, 1.165) is 59.1 Å². The molecule has 1 aromatic heterocycles. The number of halogens is 1. The Balaban J connectivity index is 1.37. The van der Waals surface area contributed by atoms with Gasteiger partial charge in [-0.25, -0.2) is 4.98 Å². The summed E-state index contributed by atoms with van der Waals surface area (Å²) in [5.74, 6) is 0.420. The molecule has 0 spiro atoms. The van der Waals surface area contributed by atoms with Crippen LogP contribution in [0.5, 0.6) is 0 Å². The second-order valence-corrected chi connectivity index (χ2v) is 8.31. The lowest BCUT2D eigenvalue weighted by atomic mass is 9.96. The number of amides is 1. The van der Waals surface area contributed by atoms with Crippen molar-refractivity contribution in [2.45, 2.75) is 44.6 Å². The van der Waals surface area contributed by atoms with Crippen LogP contribution in [-0.4, -0.2) is 30.0 Å². The number of hydrogen-bond acceptors (Lipinski definition) is 4. The number of nitrogens with one attached hydrogen (secondary N) is 1. The van der Waals surface area contributed by atoms with E-state index in [9.17, 15) is 4.79 Å². The second kappa shape index (κ2) is 6.89. The van der Waals surface area contributed by atoms with E-state index >= 15 is 0 Å². The first kappa shape index (κ1) is 16.2. The van der Waals surface area contributed by atoms with Crippen LogP contribution in [0.15, 0.2) is 18.2 Å². The molecule has 2 aliphatic rings. The molecule has 4 rings (SSSR count). The largest absolute Gasteiger partial charge is 0.353 e. The number of carbonyl (C=O) groups is 1. The molecule has 24 heavy (non-hydrogen) atoms. The van der Waals surface area contributed by atoms with Crippen LogP contribution in [0.3, 0.4) is 0 Å². The number of anilines is 1. The maximum atomic E-state index is 12.4. The molecule has 2 fully saturated rings. The van der Waals surface area contributed by atoms with E-state index in [1.165, 1.54) is 12.8 Å². The van der Waals surface area contributed by atoms with Crippen molar-refractivity contribution in [3.8, 4) is 0 Å². The molecule has 1 N–H and O–H groups in total. The van der Waals surface area contributed by atoms with Crippen molar-refractivity contribution in [2.24, 2.45) is 5.92 Å². The summed E-state index contributed by atoms with van der Waals surface area (Å²) in [5.41, 5.74) is 1.00. The molecule has 1 saturated heterocycles. The van der Waals surface area contributed by atoms with E-state index in [4.69, 9.17) is 16.6 Å². The lowest BCUT2D eigenvalue weighted by Gasteiger charge is -2.31. The number of piperidine rings is 1. The van der Waals surface area contributed by atoms with Crippen molar-refractivity contribution in [3.05, 3.63) is 23.2 Å². The van der Waals surface area contributed by atoms with Crippen molar-refractivity contribution in [1.82, 2.24) is 10.3 Å². The SMILES string of the molecule is O=C(NC1CCCC1)C1CCN(c2nc3ccc(Cl)cc3s2)CC1. The zero-order chi connectivity index (χ0) is 16.5. The molecule has 0 atom stereocenters. The molecule has 0 bridgehead atoms.